The van der Waals surface area contributed by atoms with Crippen molar-refractivity contribution >= 4 is 11.7 Å². The van der Waals surface area contributed by atoms with Crippen molar-refractivity contribution in [2.45, 2.75) is 57.5 Å². The predicted molar refractivity (Wildman–Crippen MR) is 90.0 cm³/mol. The molecule has 4 nitrogen and oxygen atoms in total. The fourth-order valence-corrected chi connectivity index (χ4v) is 3.84. The number of nitrogens with zero attached hydrogens (tertiary/aromatic N) is 2. The topological polar surface area (TPSA) is 49.6 Å². The number of hydrogen-bond donors (Lipinski definition) is 1. The van der Waals surface area contributed by atoms with Crippen molar-refractivity contribution in [2.75, 3.05) is 18.0 Å². The molecule has 0 bridgehead atoms. The highest BCUT2D eigenvalue weighted by Crippen LogP contribution is 2.40. The van der Waals surface area contributed by atoms with Crippen LogP contribution in [-0.4, -0.2) is 30.1 Å². The van der Waals surface area contributed by atoms with E-state index in [4.69, 9.17) is 5.73 Å². The Bertz CT molecular complexity index is 549. The minimum atomic E-state index is -0.277. The Morgan fingerprint density at radius 1 is 1.09 bits per heavy atom. The highest BCUT2D eigenvalue weighted by molar-refractivity contribution is 5.95. The Balaban J connectivity index is 1.94. The van der Waals surface area contributed by atoms with Crippen molar-refractivity contribution in [1.29, 1.82) is 0 Å². The van der Waals surface area contributed by atoms with Crippen LogP contribution in [-0.2, 0) is 5.54 Å². The second-order valence-corrected chi connectivity index (χ2v) is 6.96. The van der Waals surface area contributed by atoms with Crippen molar-refractivity contribution in [2.24, 2.45) is 5.73 Å². The predicted octanol–water partition coefficient (Wildman–Crippen LogP) is 3.46. The largest absolute Gasteiger partial charge is 0.324 e. The van der Waals surface area contributed by atoms with Crippen LogP contribution in [0.4, 0.5) is 10.5 Å². The Hall–Kier alpha value is -1.55. The molecule has 0 radical (unpaired) electrons. The summed E-state index contributed by atoms with van der Waals surface area (Å²) in [5.41, 5.74) is 8.62. The van der Waals surface area contributed by atoms with Gasteiger partial charge in [0.1, 0.15) is 0 Å². The maximum absolute atomic E-state index is 12.7. The summed E-state index contributed by atoms with van der Waals surface area (Å²) >= 11 is 0. The van der Waals surface area contributed by atoms with Crippen LogP contribution in [0.3, 0.4) is 0 Å². The summed E-state index contributed by atoms with van der Waals surface area (Å²) in [6.07, 6.45) is 5.65. The smallest absolute Gasteiger partial charge is 0.321 e. The van der Waals surface area contributed by atoms with E-state index in [-0.39, 0.29) is 17.6 Å². The minimum Gasteiger partial charge on any atom is -0.321 e. The summed E-state index contributed by atoms with van der Waals surface area (Å²) in [6.45, 7) is 5.68. The highest BCUT2D eigenvalue weighted by Gasteiger charge is 2.37. The van der Waals surface area contributed by atoms with E-state index in [0.717, 1.165) is 37.2 Å². The van der Waals surface area contributed by atoms with Crippen LogP contribution in [0.25, 0.3) is 0 Å². The van der Waals surface area contributed by atoms with E-state index in [2.05, 4.69) is 26.0 Å². The number of rotatable bonds is 3. The summed E-state index contributed by atoms with van der Waals surface area (Å²) < 4.78 is 0. The van der Waals surface area contributed by atoms with Gasteiger partial charge in [0, 0.05) is 24.7 Å². The highest BCUT2D eigenvalue weighted by atomic mass is 16.2. The quantitative estimate of drug-likeness (QED) is 0.929. The molecule has 1 heterocycles. The second-order valence-electron chi connectivity index (χ2n) is 6.96. The SMILES string of the molecule is CC(C)N1CCN(c2ccccc2C2(N)CCCCC2)C1=O. The van der Waals surface area contributed by atoms with Crippen LogP contribution in [0.5, 0.6) is 0 Å². The van der Waals surface area contributed by atoms with Crippen molar-refractivity contribution in [3.05, 3.63) is 29.8 Å². The van der Waals surface area contributed by atoms with Gasteiger partial charge in [0.25, 0.3) is 0 Å². The van der Waals surface area contributed by atoms with E-state index in [0.29, 0.717) is 0 Å². The van der Waals surface area contributed by atoms with E-state index < -0.39 is 0 Å². The first-order valence-electron chi connectivity index (χ1n) is 8.49. The molecule has 0 aromatic heterocycles. The molecule has 2 aliphatic rings. The summed E-state index contributed by atoms with van der Waals surface area (Å²) in [7, 11) is 0. The zero-order valence-corrected chi connectivity index (χ0v) is 13.7. The Kier molecular flexibility index (Phi) is 4.13. The average Bonchev–Trinajstić information content (AvgIpc) is 2.90. The number of carbonyl (C=O) groups is 1. The molecule has 0 spiro atoms. The molecule has 2 fully saturated rings. The van der Waals surface area contributed by atoms with E-state index in [1.807, 2.05) is 21.9 Å². The molecule has 1 aliphatic heterocycles. The maximum atomic E-state index is 12.7. The Morgan fingerprint density at radius 2 is 1.77 bits per heavy atom. The van der Waals surface area contributed by atoms with E-state index in [9.17, 15) is 4.79 Å². The zero-order valence-electron chi connectivity index (χ0n) is 13.7. The van der Waals surface area contributed by atoms with Gasteiger partial charge in [-0.1, -0.05) is 37.5 Å². The van der Waals surface area contributed by atoms with Gasteiger partial charge < -0.3 is 10.6 Å². The average molecular weight is 301 g/mol. The third-order valence-corrected chi connectivity index (χ3v) is 5.14. The number of para-hydroxylation sites is 1. The fourth-order valence-electron chi connectivity index (χ4n) is 3.84. The standard InChI is InChI=1S/C18H27N3O/c1-14(2)20-12-13-21(17(20)22)16-9-5-4-8-15(16)18(19)10-6-3-7-11-18/h4-5,8-9,14H,3,6-7,10-13,19H2,1-2H3. The van der Waals surface area contributed by atoms with Gasteiger partial charge in [-0.25, -0.2) is 4.79 Å². The van der Waals surface area contributed by atoms with Crippen LogP contribution in [0.15, 0.2) is 24.3 Å². The number of benzene rings is 1. The lowest BCUT2D eigenvalue weighted by atomic mass is 9.76. The molecule has 0 unspecified atom stereocenters. The summed E-state index contributed by atoms with van der Waals surface area (Å²) in [5, 5.41) is 0. The van der Waals surface area contributed by atoms with Gasteiger partial charge in [0.2, 0.25) is 0 Å². The normalized spacial score (nSPS) is 21.7. The van der Waals surface area contributed by atoms with Crippen molar-refractivity contribution < 1.29 is 4.79 Å². The van der Waals surface area contributed by atoms with E-state index in [1.165, 1.54) is 19.3 Å². The zero-order chi connectivity index (χ0) is 15.7. The lowest BCUT2D eigenvalue weighted by Gasteiger charge is -2.36. The fraction of sp³-hybridized carbons (Fsp3) is 0.611. The molecule has 3 rings (SSSR count). The molecular weight excluding hydrogens is 274 g/mol. The van der Waals surface area contributed by atoms with Gasteiger partial charge in [-0.3, -0.25) is 4.90 Å². The van der Waals surface area contributed by atoms with Gasteiger partial charge in [-0.05, 0) is 38.3 Å². The molecule has 0 atom stereocenters. The van der Waals surface area contributed by atoms with Gasteiger partial charge in [-0.2, -0.15) is 0 Å². The molecule has 1 aliphatic carbocycles. The summed E-state index contributed by atoms with van der Waals surface area (Å²) in [4.78, 5) is 16.5. The molecule has 22 heavy (non-hydrogen) atoms. The van der Waals surface area contributed by atoms with Crippen LogP contribution < -0.4 is 10.6 Å². The number of nitrogens with two attached hydrogens (primary N) is 1. The van der Waals surface area contributed by atoms with Crippen LogP contribution in [0.2, 0.25) is 0 Å². The molecule has 2 amide bonds. The molecule has 1 aromatic carbocycles. The second kappa shape index (κ2) is 5.92. The monoisotopic (exact) mass is 301 g/mol. The van der Waals surface area contributed by atoms with Crippen molar-refractivity contribution in [3.63, 3.8) is 0 Å². The summed E-state index contributed by atoms with van der Waals surface area (Å²) in [5.74, 6) is 0. The van der Waals surface area contributed by atoms with Crippen molar-refractivity contribution in [1.82, 2.24) is 4.90 Å². The first-order valence-corrected chi connectivity index (χ1v) is 8.49. The van der Waals surface area contributed by atoms with Gasteiger partial charge in [0.05, 0.1) is 5.69 Å². The van der Waals surface area contributed by atoms with E-state index in [1.54, 1.807) is 0 Å². The van der Waals surface area contributed by atoms with E-state index >= 15 is 0 Å². The first-order chi connectivity index (χ1) is 10.5. The molecule has 120 valence electrons. The molecule has 4 heteroatoms. The maximum Gasteiger partial charge on any atom is 0.324 e. The third kappa shape index (κ3) is 2.60. The number of amides is 2. The first kappa shape index (κ1) is 15.3. The van der Waals surface area contributed by atoms with Crippen molar-refractivity contribution in [3.8, 4) is 0 Å². The summed E-state index contributed by atoms with van der Waals surface area (Å²) in [6, 6.07) is 8.58. The Labute approximate surface area is 133 Å². The third-order valence-electron chi connectivity index (χ3n) is 5.14. The van der Waals surface area contributed by atoms with Gasteiger partial charge in [0.15, 0.2) is 0 Å². The Morgan fingerprint density at radius 3 is 2.41 bits per heavy atom. The van der Waals surface area contributed by atoms with Crippen LogP contribution in [0, 0.1) is 0 Å². The number of hydrogen-bond acceptors (Lipinski definition) is 2. The van der Waals surface area contributed by atoms with Crippen LogP contribution in [0.1, 0.15) is 51.5 Å². The lowest BCUT2D eigenvalue weighted by molar-refractivity contribution is 0.209. The molecule has 1 saturated heterocycles. The molecule has 1 saturated carbocycles. The number of carbonyl (C=O) groups excluding carboxylic acids is 1. The number of anilines is 1. The van der Waals surface area contributed by atoms with Gasteiger partial charge in [-0.15, -0.1) is 0 Å². The number of urea groups is 1. The molecular formula is C18H27N3O. The lowest BCUT2D eigenvalue weighted by Crippen LogP contribution is -2.41. The van der Waals surface area contributed by atoms with Crippen LogP contribution >= 0.6 is 0 Å². The minimum absolute atomic E-state index is 0.113. The molecule has 1 aromatic rings. The molecule has 2 N–H and O–H groups in total. The van der Waals surface area contributed by atoms with Gasteiger partial charge >= 0.3 is 6.03 Å².